The normalized spacial score (nSPS) is 18.9. The highest BCUT2D eigenvalue weighted by atomic mass is 15.3. The first-order valence-corrected chi connectivity index (χ1v) is 29.6. The van der Waals surface area contributed by atoms with Crippen LogP contribution in [0, 0.1) is 0 Å². The molecule has 3 nitrogen and oxygen atoms in total. The van der Waals surface area contributed by atoms with Crippen molar-refractivity contribution in [1.29, 1.82) is 0 Å². The van der Waals surface area contributed by atoms with Crippen LogP contribution in [0.2, 0.25) is 0 Å². The van der Waals surface area contributed by atoms with Crippen LogP contribution < -0.4 is 31.1 Å². The molecule has 3 aliphatic heterocycles. The Labute approximate surface area is 475 Å². The minimum absolute atomic E-state index is 0.00653. The third kappa shape index (κ3) is 8.43. The lowest BCUT2D eigenvalue weighted by Gasteiger charge is -2.52. The summed E-state index contributed by atoms with van der Waals surface area (Å²) in [6, 6.07) is 67.3. The van der Waals surface area contributed by atoms with E-state index in [9.17, 15) is 0 Å². The van der Waals surface area contributed by atoms with E-state index < -0.39 is 0 Å². The van der Waals surface area contributed by atoms with Crippen molar-refractivity contribution in [3.05, 3.63) is 209 Å². The van der Waals surface area contributed by atoms with Crippen LogP contribution in [0.1, 0.15) is 175 Å². The third-order valence-electron chi connectivity index (χ3n) is 18.9. The maximum absolute atomic E-state index is 2.81. The lowest BCUT2D eigenvalue weighted by Crippen LogP contribution is -2.62. The van der Waals surface area contributed by atoms with E-state index in [2.05, 4.69) is 295 Å². The zero-order chi connectivity index (χ0) is 56.0. The monoisotopic (exact) mass is 1040 g/mol. The molecule has 1 fully saturated rings. The van der Waals surface area contributed by atoms with Gasteiger partial charge < -0.3 is 14.7 Å². The highest BCUT2D eigenvalue weighted by Gasteiger charge is 2.61. The molecule has 0 aromatic heterocycles. The van der Waals surface area contributed by atoms with Crippen LogP contribution in [0.4, 0.5) is 45.5 Å². The van der Waals surface area contributed by atoms with Gasteiger partial charge in [0.15, 0.2) is 0 Å². The number of fused-ring (bicyclic) bond motifs is 7. The molecular formula is C75H84BN3. The van der Waals surface area contributed by atoms with Crippen molar-refractivity contribution >= 4 is 68.6 Å². The van der Waals surface area contributed by atoms with E-state index >= 15 is 0 Å². The van der Waals surface area contributed by atoms with Gasteiger partial charge in [-0.05, 0) is 168 Å². The molecule has 0 amide bonds. The van der Waals surface area contributed by atoms with Crippen LogP contribution in [0.25, 0.3) is 11.1 Å². The van der Waals surface area contributed by atoms with E-state index in [4.69, 9.17) is 0 Å². The summed E-state index contributed by atoms with van der Waals surface area (Å²) >= 11 is 0. The number of anilines is 8. The Bertz CT molecular complexity index is 3670. The van der Waals surface area contributed by atoms with Crippen molar-refractivity contribution in [2.24, 2.45) is 0 Å². The molecule has 79 heavy (non-hydrogen) atoms. The van der Waals surface area contributed by atoms with Gasteiger partial charge in [-0.2, -0.15) is 0 Å². The lowest BCUT2D eigenvalue weighted by atomic mass is 9.33. The largest absolute Gasteiger partial charge is 0.334 e. The first kappa shape index (κ1) is 52.9. The summed E-state index contributed by atoms with van der Waals surface area (Å²) < 4.78 is 0. The molecule has 4 heteroatoms. The zero-order valence-electron chi connectivity index (χ0n) is 50.4. The Morgan fingerprint density at radius 1 is 0.380 bits per heavy atom. The summed E-state index contributed by atoms with van der Waals surface area (Å²) in [6.45, 7) is 37.9. The minimum Gasteiger partial charge on any atom is -0.334 e. The molecule has 12 rings (SSSR count). The molecule has 8 aromatic rings. The molecule has 2 atom stereocenters. The van der Waals surface area contributed by atoms with Crippen LogP contribution in [0.5, 0.6) is 0 Å². The van der Waals surface area contributed by atoms with Crippen molar-refractivity contribution in [3.8, 4) is 11.1 Å². The van der Waals surface area contributed by atoms with E-state index in [1.807, 2.05) is 0 Å². The number of hydrogen-bond donors (Lipinski definition) is 0. The molecule has 0 saturated heterocycles. The number of nitrogens with zero attached hydrogens (tertiary/aromatic N) is 3. The Morgan fingerprint density at radius 3 is 1.49 bits per heavy atom. The maximum Gasteiger partial charge on any atom is 0.252 e. The standard InChI is InChI=1S/C75H84BN3/c1-69(2,3)50-29-34-56(35-30-50)77-65-48-57(79-63-39-32-53(71(7,8)9)44-59(63)75(51-27-21-18-22-28-51)42-24-23-41-74(75,79)16)36-37-60(65)76-61-45-54(72(10,11)12)33-40-64(61)78(67-47-55(73(13,14)15)46-66(77)68(67)76)62-38-31-52(70(4,5)6)43-58(62)49-25-19-17-20-26-49/h17-22,25-40,43-48H,23-24,41-42H2,1-16H3. The van der Waals surface area contributed by atoms with Crippen LogP contribution >= 0.6 is 0 Å². The molecule has 0 radical (unpaired) electrons. The number of rotatable bonds is 5. The molecule has 1 aliphatic carbocycles. The highest BCUT2D eigenvalue weighted by Crippen LogP contribution is 2.64. The SMILES string of the molecule is CC(C)(C)c1ccc(N2c3cc(N4c5ccc(C(C)(C)C)cc5C5(c6ccccc6)CCCCC45C)ccc3B3c4cc(C(C)(C)C)ccc4N(c4ccc(C(C)(C)C)cc4-c4ccccc4)c4cc(C(C)(C)C)cc2c43)cc1. The molecule has 3 heterocycles. The summed E-state index contributed by atoms with van der Waals surface area (Å²) in [5.41, 5.74) is 25.4. The second kappa shape index (κ2) is 18.1. The van der Waals surface area contributed by atoms with Gasteiger partial charge in [0, 0.05) is 50.8 Å². The summed E-state index contributed by atoms with van der Waals surface area (Å²) in [6.07, 6.45) is 4.61. The molecule has 402 valence electrons. The van der Waals surface area contributed by atoms with Crippen LogP contribution in [-0.2, 0) is 32.5 Å². The van der Waals surface area contributed by atoms with Gasteiger partial charge in [-0.25, -0.2) is 0 Å². The van der Waals surface area contributed by atoms with E-state index in [0.29, 0.717) is 0 Å². The van der Waals surface area contributed by atoms with Crippen LogP contribution in [0.15, 0.2) is 170 Å². The quantitative estimate of drug-likeness (QED) is 0.159. The van der Waals surface area contributed by atoms with E-state index in [1.54, 1.807) is 0 Å². The molecule has 0 N–H and O–H groups in total. The second-order valence-corrected chi connectivity index (χ2v) is 29.3. The molecule has 1 saturated carbocycles. The number of benzene rings is 8. The summed E-state index contributed by atoms with van der Waals surface area (Å²) in [7, 11) is 0. The smallest absolute Gasteiger partial charge is 0.252 e. The van der Waals surface area contributed by atoms with Crippen LogP contribution in [-0.4, -0.2) is 12.3 Å². The fourth-order valence-corrected chi connectivity index (χ4v) is 14.4. The fraction of sp³-hybridized carbons (Fsp3) is 0.360. The van der Waals surface area contributed by atoms with E-state index in [1.165, 1.54) is 125 Å². The highest BCUT2D eigenvalue weighted by molar-refractivity contribution is 7.00. The average Bonchev–Trinajstić information content (AvgIpc) is 2.47. The molecular weight excluding hydrogens is 954 g/mol. The second-order valence-electron chi connectivity index (χ2n) is 29.3. The first-order valence-electron chi connectivity index (χ1n) is 29.6. The van der Waals surface area contributed by atoms with Gasteiger partial charge in [0.1, 0.15) is 0 Å². The van der Waals surface area contributed by atoms with Crippen molar-refractivity contribution in [3.63, 3.8) is 0 Å². The van der Waals surface area contributed by atoms with Gasteiger partial charge in [0.2, 0.25) is 0 Å². The van der Waals surface area contributed by atoms with Gasteiger partial charge in [0.25, 0.3) is 6.71 Å². The lowest BCUT2D eigenvalue weighted by molar-refractivity contribution is 0.215. The van der Waals surface area contributed by atoms with E-state index in [0.717, 1.165) is 12.8 Å². The molecule has 2 unspecified atom stereocenters. The minimum atomic E-state index is -0.226. The maximum atomic E-state index is 2.81. The molecule has 0 bridgehead atoms. The Morgan fingerprint density at radius 2 is 0.886 bits per heavy atom. The predicted octanol–water partition coefficient (Wildman–Crippen LogP) is 18.7. The topological polar surface area (TPSA) is 9.72 Å². The Hall–Kier alpha value is -6.78. The van der Waals surface area contributed by atoms with Crippen molar-refractivity contribution in [1.82, 2.24) is 0 Å². The molecule has 8 aromatic carbocycles. The molecule has 4 aliphatic rings. The summed E-state index contributed by atoms with van der Waals surface area (Å²) in [4.78, 5) is 8.14. The van der Waals surface area contributed by atoms with Gasteiger partial charge in [-0.1, -0.05) is 226 Å². The fourth-order valence-electron chi connectivity index (χ4n) is 14.4. The summed E-state index contributed by atoms with van der Waals surface area (Å²) in [5.74, 6) is 0. The van der Waals surface area contributed by atoms with Crippen molar-refractivity contribution in [2.75, 3.05) is 14.7 Å². The Balaban J connectivity index is 1.18. The Kier molecular flexibility index (Phi) is 12.1. The van der Waals surface area contributed by atoms with Gasteiger partial charge in [-0.3, -0.25) is 0 Å². The van der Waals surface area contributed by atoms with Crippen molar-refractivity contribution in [2.45, 2.75) is 174 Å². The van der Waals surface area contributed by atoms with Crippen LogP contribution in [0.3, 0.4) is 0 Å². The van der Waals surface area contributed by atoms with Gasteiger partial charge in [-0.15, -0.1) is 0 Å². The van der Waals surface area contributed by atoms with E-state index in [-0.39, 0.29) is 44.7 Å². The van der Waals surface area contributed by atoms with Gasteiger partial charge >= 0.3 is 0 Å². The third-order valence-corrected chi connectivity index (χ3v) is 18.9. The summed E-state index contributed by atoms with van der Waals surface area (Å²) in [5, 5.41) is 0. The molecule has 0 spiro atoms. The average molecular weight is 1040 g/mol. The zero-order valence-corrected chi connectivity index (χ0v) is 50.4. The van der Waals surface area contributed by atoms with Crippen molar-refractivity contribution < 1.29 is 0 Å². The number of hydrogen-bond acceptors (Lipinski definition) is 3. The first-order chi connectivity index (χ1) is 37.2. The predicted molar refractivity (Wildman–Crippen MR) is 342 cm³/mol. The van der Waals surface area contributed by atoms with Gasteiger partial charge in [0.05, 0.1) is 11.2 Å².